The molecule has 1 amide bonds. The summed E-state index contributed by atoms with van der Waals surface area (Å²) >= 11 is 0. The van der Waals surface area contributed by atoms with E-state index in [4.69, 9.17) is 4.74 Å². The summed E-state index contributed by atoms with van der Waals surface area (Å²) in [6.45, 7) is 4.95. The minimum absolute atomic E-state index is 0.0105. The van der Waals surface area contributed by atoms with E-state index in [-0.39, 0.29) is 29.6 Å². The second-order valence-electron chi connectivity index (χ2n) is 7.04. The Kier molecular flexibility index (Phi) is 7.38. The maximum atomic E-state index is 12.5. The van der Waals surface area contributed by atoms with Crippen LogP contribution in [-0.2, 0) is 21.4 Å². The average molecular weight is 436 g/mol. The van der Waals surface area contributed by atoms with Crippen LogP contribution in [0, 0.1) is 17.0 Å². The molecule has 0 heterocycles. The molecule has 0 aliphatic heterocycles. The SMILES string of the molecule is Cc1c(N(CC(=O)NCc2cccc(OC(C)C)c2)S(C)(=O)=O)cccc1[N+](=O)[O-]. The van der Waals surface area contributed by atoms with Crippen LogP contribution in [0.4, 0.5) is 11.4 Å². The molecule has 162 valence electrons. The second-order valence-corrected chi connectivity index (χ2v) is 8.95. The number of amides is 1. The number of carbonyl (C=O) groups is 1. The van der Waals surface area contributed by atoms with Gasteiger partial charge in [-0.3, -0.25) is 19.2 Å². The standard InChI is InChI=1S/C20H25N3O6S/c1-14(2)29-17-8-5-7-16(11-17)12-21-20(24)13-22(30(4,27)28)18-9-6-10-19(15(18)3)23(25)26/h5-11,14H,12-13H2,1-4H3,(H,21,24). The Morgan fingerprint density at radius 1 is 1.23 bits per heavy atom. The Bertz CT molecular complexity index is 1040. The molecule has 0 radical (unpaired) electrons. The number of hydrogen-bond acceptors (Lipinski definition) is 6. The quantitative estimate of drug-likeness (QED) is 0.478. The molecule has 0 fully saturated rings. The molecule has 0 aliphatic carbocycles. The van der Waals surface area contributed by atoms with Gasteiger partial charge in [0.05, 0.1) is 28.5 Å². The Morgan fingerprint density at radius 3 is 2.50 bits per heavy atom. The van der Waals surface area contributed by atoms with Crippen LogP contribution in [0.5, 0.6) is 5.75 Å². The zero-order valence-corrected chi connectivity index (χ0v) is 18.1. The van der Waals surface area contributed by atoms with Gasteiger partial charge in [-0.25, -0.2) is 8.42 Å². The molecule has 0 saturated carbocycles. The summed E-state index contributed by atoms with van der Waals surface area (Å²) < 4.78 is 31.0. The fourth-order valence-corrected chi connectivity index (χ4v) is 3.76. The van der Waals surface area contributed by atoms with Crippen molar-refractivity contribution < 1.29 is 22.9 Å². The van der Waals surface area contributed by atoms with Gasteiger partial charge in [-0.05, 0) is 44.5 Å². The predicted molar refractivity (Wildman–Crippen MR) is 114 cm³/mol. The van der Waals surface area contributed by atoms with E-state index in [1.54, 1.807) is 12.1 Å². The first kappa shape index (κ1) is 23.1. The van der Waals surface area contributed by atoms with E-state index in [2.05, 4.69) is 5.32 Å². The highest BCUT2D eigenvalue weighted by molar-refractivity contribution is 7.92. The zero-order valence-electron chi connectivity index (χ0n) is 17.3. The number of nitro groups is 1. The van der Waals surface area contributed by atoms with Gasteiger partial charge >= 0.3 is 0 Å². The van der Waals surface area contributed by atoms with Crippen LogP contribution in [0.15, 0.2) is 42.5 Å². The Hall–Kier alpha value is -3.14. The first-order valence-corrected chi connectivity index (χ1v) is 11.1. The number of ether oxygens (including phenoxy) is 1. The summed E-state index contributed by atoms with van der Waals surface area (Å²) in [6.07, 6.45) is 0.960. The van der Waals surface area contributed by atoms with E-state index in [1.165, 1.54) is 25.1 Å². The molecule has 2 rings (SSSR count). The molecule has 9 nitrogen and oxygen atoms in total. The van der Waals surface area contributed by atoms with Crippen molar-refractivity contribution in [2.24, 2.45) is 0 Å². The monoisotopic (exact) mass is 435 g/mol. The number of carbonyl (C=O) groups excluding carboxylic acids is 1. The van der Waals surface area contributed by atoms with E-state index in [1.807, 2.05) is 26.0 Å². The summed E-state index contributed by atoms with van der Waals surface area (Å²) in [5.41, 5.74) is 0.830. The fourth-order valence-electron chi connectivity index (χ4n) is 2.85. The maximum Gasteiger partial charge on any atom is 0.274 e. The van der Waals surface area contributed by atoms with Crippen molar-refractivity contribution in [2.75, 3.05) is 17.1 Å². The number of hydrogen-bond donors (Lipinski definition) is 1. The fraction of sp³-hybridized carbons (Fsp3) is 0.350. The van der Waals surface area contributed by atoms with E-state index in [0.29, 0.717) is 5.75 Å². The van der Waals surface area contributed by atoms with Crippen LogP contribution in [0.3, 0.4) is 0 Å². The van der Waals surface area contributed by atoms with Crippen molar-refractivity contribution >= 4 is 27.3 Å². The third-order valence-electron chi connectivity index (χ3n) is 4.19. The summed E-state index contributed by atoms with van der Waals surface area (Å²) in [4.78, 5) is 23.0. The van der Waals surface area contributed by atoms with Gasteiger partial charge in [0.1, 0.15) is 12.3 Å². The van der Waals surface area contributed by atoms with Crippen LogP contribution < -0.4 is 14.4 Å². The summed E-state index contributed by atoms with van der Waals surface area (Å²) in [5, 5.41) is 13.8. The van der Waals surface area contributed by atoms with Crippen molar-refractivity contribution in [2.45, 2.75) is 33.4 Å². The molecule has 10 heteroatoms. The number of nitro benzene ring substituents is 1. The van der Waals surface area contributed by atoms with Gasteiger partial charge in [0.15, 0.2) is 0 Å². The Balaban J connectivity index is 2.16. The lowest BCUT2D eigenvalue weighted by molar-refractivity contribution is -0.385. The van der Waals surface area contributed by atoms with Crippen molar-refractivity contribution in [3.8, 4) is 5.75 Å². The molecule has 0 unspecified atom stereocenters. The molecule has 2 aromatic rings. The third kappa shape index (κ3) is 6.18. The highest BCUT2D eigenvalue weighted by Crippen LogP contribution is 2.29. The molecular weight excluding hydrogens is 410 g/mol. The highest BCUT2D eigenvalue weighted by Gasteiger charge is 2.25. The number of nitrogens with zero attached hydrogens (tertiary/aromatic N) is 2. The van der Waals surface area contributed by atoms with Crippen LogP contribution in [0.1, 0.15) is 25.0 Å². The molecule has 2 aromatic carbocycles. The van der Waals surface area contributed by atoms with Crippen LogP contribution in [0.2, 0.25) is 0 Å². The van der Waals surface area contributed by atoms with Crippen LogP contribution >= 0.6 is 0 Å². The van der Waals surface area contributed by atoms with Gasteiger partial charge < -0.3 is 10.1 Å². The molecular formula is C20H25N3O6S. The number of nitrogens with one attached hydrogen (secondary N) is 1. The predicted octanol–water partition coefficient (Wildman–Crippen LogP) is 2.77. The van der Waals surface area contributed by atoms with Gasteiger partial charge in [-0.15, -0.1) is 0 Å². The molecule has 30 heavy (non-hydrogen) atoms. The number of rotatable bonds is 9. The summed E-state index contributed by atoms with van der Waals surface area (Å²) in [7, 11) is -3.85. The van der Waals surface area contributed by atoms with Crippen molar-refractivity contribution in [3.05, 3.63) is 63.7 Å². The van der Waals surface area contributed by atoms with Crippen LogP contribution in [-0.4, -0.2) is 38.2 Å². The molecule has 0 atom stereocenters. The molecule has 1 N–H and O–H groups in total. The van der Waals surface area contributed by atoms with Gasteiger partial charge in [0.25, 0.3) is 5.69 Å². The van der Waals surface area contributed by atoms with Crippen LogP contribution in [0.25, 0.3) is 0 Å². The van der Waals surface area contributed by atoms with E-state index >= 15 is 0 Å². The lowest BCUT2D eigenvalue weighted by atomic mass is 10.1. The average Bonchev–Trinajstić information content (AvgIpc) is 2.63. The van der Waals surface area contributed by atoms with Gasteiger partial charge in [-0.2, -0.15) is 0 Å². The van der Waals surface area contributed by atoms with Gasteiger partial charge in [0, 0.05) is 12.6 Å². The van der Waals surface area contributed by atoms with E-state index in [9.17, 15) is 23.3 Å². The lowest BCUT2D eigenvalue weighted by Crippen LogP contribution is -2.40. The molecule has 0 aromatic heterocycles. The zero-order chi connectivity index (χ0) is 22.5. The molecule has 0 spiro atoms. The minimum atomic E-state index is -3.85. The normalized spacial score (nSPS) is 11.2. The number of benzene rings is 2. The number of anilines is 1. The van der Waals surface area contributed by atoms with Crippen molar-refractivity contribution in [1.29, 1.82) is 0 Å². The Morgan fingerprint density at radius 2 is 1.90 bits per heavy atom. The van der Waals surface area contributed by atoms with Crippen molar-refractivity contribution in [1.82, 2.24) is 5.32 Å². The summed E-state index contributed by atoms with van der Waals surface area (Å²) in [6, 6.07) is 11.3. The largest absolute Gasteiger partial charge is 0.491 e. The maximum absolute atomic E-state index is 12.5. The van der Waals surface area contributed by atoms with Gasteiger partial charge in [-0.1, -0.05) is 18.2 Å². The smallest absolute Gasteiger partial charge is 0.274 e. The van der Waals surface area contributed by atoms with Gasteiger partial charge in [0.2, 0.25) is 15.9 Å². The Labute approximate surface area is 175 Å². The molecule has 0 saturated heterocycles. The minimum Gasteiger partial charge on any atom is -0.491 e. The topological polar surface area (TPSA) is 119 Å². The second kappa shape index (κ2) is 9.57. The van der Waals surface area contributed by atoms with Crippen molar-refractivity contribution in [3.63, 3.8) is 0 Å². The third-order valence-corrected chi connectivity index (χ3v) is 5.32. The van der Waals surface area contributed by atoms with E-state index < -0.39 is 27.4 Å². The molecule has 0 aliphatic rings. The first-order chi connectivity index (χ1) is 14.0. The first-order valence-electron chi connectivity index (χ1n) is 9.23. The lowest BCUT2D eigenvalue weighted by Gasteiger charge is -2.23. The summed E-state index contributed by atoms with van der Waals surface area (Å²) in [5.74, 6) is 0.128. The molecule has 0 bridgehead atoms. The highest BCUT2D eigenvalue weighted by atomic mass is 32.2. The number of sulfonamides is 1. The van der Waals surface area contributed by atoms with E-state index in [0.717, 1.165) is 16.1 Å².